The molecule has 0 radical (unpaired) electrons. The third-order valence-electron chi connectivity index (χ3n) is 3.31. The molecular formula is C11H21N3O2. The van der Waals surface area contributed by atoms with Crippen LogP contribution in [0, 0.1) is 0 Å². The van der Waals surface area contributed by atoms with E-state index in [1.165, 1.54) is 0 Å². The predicted molar refractivity (Wildman–Crippen MR) is 61.1 cm³/mol. The van der Waals surface area contributed by atoms with Gasteiger partial charge < -0.3 is 15.3 Å². The maximum absolute atomic E-state index is 11.9. The van der Waals surface area contributed by atoms with Crippen LogP contribution >= 0.6 is 0 Å². The second-order valence-corrected chi connectivity index (χ2v) is 4.66. The summed E-state index contributed by atoms with van der Waals surface area (Å²) in [4.78, 5) is 15.9. The molecule has 0 aliphatic carbocycles. The monoisotopic (exact) mass is 227 g/mol. The van der Waals surface area contributed by atoms with Crippen LogP contribution in [0.5, 0.6) is 0 Å². The van der Waals surface area contributed by atoms with Crippen LogP contribution in [0.15, 0.2) is 0 Å². The number of nitrogens with one attached hydrogen (secondary N) is 1. The fourth-order valence-corrected chi connectivity index (χ4v) is 2.32. The van der Waals surface area contributed by atoms with Gasteiger partial charge in [-0.2, -0.15) is 0 Å². The van der Waals surface area contributed by atoms with Gasteiger partial charge in [-0.25, -0.2) is 0 Å². The molecule has 5 heteroatoms. The van der Waals surface area contributed by atoms with Gasteiger partial charge in [-0.3, -0.25) is 9.69 Å². The quantitative estimate of drug-likeness (QED) is 0.627. The lowest BCUT2D eigenvalue weighted by atomic mass is 10.3. The van der Waals surface area contributed by atoms with Gasteiger partial charge in [-0.05, 0) is 25.9 Å². The van der Waals surface area contributed by atoms with Crippen LogP contribution in [0.2, 0.25) is 0 Å². The van der Waals surface area contributed by atoms with Gasteiger partial charge >= 0.3 is 0 Å². The molecule has 2 rings (SSSR count). The fraction of sp³-hybridized carbons (Fsp3) is 0.909. The number of aliphatic hydroxyl groups is 1. The number of carbonyl (C=O) groups is 1. The van der Waals surface area contributed by atoms with Gasteiger partial charge in [0.2, 0.25) is 5.91 Å². The topological polar surface area (TPSA) is 55.8 Å². The standard InChI is InChI=1S/C11H21N3O2/c15-10-2-6-14(8-10)11(16)9-13-5-1-3-12-4-7-13/h10,12,15H,1-9H2/t10-/m1/s1. The summed E-state index contributed by atoms with van der Waals surface area (Å²) in [6, 6.07) is 0. The number of nitrogens with zero attached hydrogens (tertiary/aromatic N) is 2. The Kier molecular flexibility index (Phi) is 4.15. The van der Waals surface area contributed by atoms with Gasteiger partial charge in [-0.15, -0.1) is 0 Å². The normalized spacial score (nSPS) is 28.1. The lowest BCUT2D eigenvalue weighted by Crippen LogP contribution is -2.40. The van der Waals surface area contributed by atoms with Crippen molar-refractivity contribution in [3.63, 3.8) is 0 Å². The highest BCUT2D eigenvalue weighted by molar-refractivity contribution is 5.78. The lowest BCUT2D eigenvalue weighted by molar-refractivity contribution is -0.131. The summed E-state index contributed by atoms with van der Waals surface area (Å²) >= 11 is 0. The van der Waals surface area contributed by atoms with Crippen LogP contribution in [-0.2, 0) is 4.79 Å². The molecule has 2 N–H and O–H groups in total. The highest BCUT2D eigenvalue weighted by Gasteiger charge is 2.25. The first-order valence-electron chi connectivity index (χ1n) is 6.14. The SMILES string of the molecule is O=C(CN1CCCNCC1)N1CC[C@@H](O)C1. The molecule has 0 saturated carbocycles. The summed E-state index contributed by atoms with van der Waals surface area (Å²) in [7, 11) is 0. The van der Waals surface area contributed by atoms with Crippen LogP contribution < -0.4 is 5.32 Å². The minimum absolute atomic E-state index is 0.165. The zero-order valence-corrected chi connectivity index (χ0v) is 9.69. The highest BCUT2D eigenvalue weighted by atomic mass is 16.3. The van der Waals surface area contributed by atoms with E-state index in [2.05, 4.69) is 10.2 Å². The molecule has 0 unspecified atom stereocenters. The molecule has 2 fully saturated rings. The molecule has 92 valence electrons. The van der Waals surface area contributed by atoms with Crippen molar-refractivity contribution >= 4 is 5.91 Å². The number of carbonyl (C=O) groups excluding carboxylic acids is 1. The first kappa shape index (κ1) is 11.8. The minimum Gasteiger partial charge on any atom is -0.391 e. The smallest absolute Gasteiger partial charge is 0.236 e. The van der Waals surface area contributed by atoms with Crippen LogP contribution in [0.1, 0.15) is 12.8 Å². The Hall–Kier alpha value is -0.650. The Bertz CT molecular complexity index is 239. The predicted octanol–water partition coefficient (Wildman–Crippen LogP) is -1.13. The molecule has 1 atom stereocenters. The Morgan fingerprint density at radius 3 is 2.94 bits per heavy atom. The molecule has 0 aromatic carbocycles. The van der Waals surface area contributed by atoms with Gasteiger partial charge in [0, 0.05) is 26.2 Å². The van der Waals surface area contributed by atoms with E-state index in [0.29, 0.717) is 19.6 Å². The van der Waals surface area contributed by atoms with Gasteiger partial charge in [0.15, 0.2) is 0 Å². The average molecular weight is 227 g/mol. The Labute approximate surface area is 96.4 Å². The van der Waals surface area contributed by atoms with Gasteiger partial charge in [0.05, 0.1) is 12.6 Å². The number of hydrogen-bond acceptors (Lipinski definition) is 4. The maximum Gasteiger partial charge on any atom is 0.236 e. The Morgan fingerprint density at radius 1 is 1.31 bits per heavy atom. The van der Waals surface area contributed by atoms with Crippen molar-refractivity contribution < 1.29 is 9.90 Å². The van der Waals surface area contributed by atoms with Gasteiger partial charge in [0.1, 0.15) is 0 Å². The molecule has 0 aromatic heterocycles. The van der Waals surface area contributed by atoms with Crippen molar-refractivity contribution in [3.05, 3.63) is 0 Å². The first-order chi connectivity index (χ1) is 7.75. The molecular weight excluding hydrogens is 206 g/mol. The van der Waals surface area contributed by atoms with E-state index in [1.54, 1.807) is 4.90 Å². The van der Waals surface area contributed by atoms with Crippen LogP contribution in [0.3, 0.4) is 0 Å². The number of rotatable bonds is 2. The second kappa shape index (κ2) is 5.61. The van der Waals surface area contributed by atoms with E-state index in [1.807, 2.05) is 0 Å². The maximum atomic E-state index is 11.9. The molecule has 2 heterocycles. The number of likely N-dealkylation sites (tertiary alicyclic amines) is 1. The highest BCUT2D eigenvalue weighted by Crippen LogP contribution is 2.09. The molecule has 2 saturated heterocycles. The first-order valence-corrected chi connectivity index (χ1v) is 6.14. The van der Waals surface area contributed by atoms with E-state index >= 15 is 0 Å². The molecule has 2 aliphatic heterocycles. The van der Waals surface area contributed by atoms with Crippen molar-refractivity contribution in [2.75, 3.05) is 45.8 Å². The van der Waals surface area contributed by atoms with Crippen LogP contribution in [-0.4, -0.2) is 72.7 Å². The molecule has 2 aliphatic rings. The van der Waals surface area contributed by atoms with Crippen molar-refractivity contribution in [1.29, 1.82) is 0 Å². The molecule has 5 nitrogen and oxygen atoms in total. The lowest BCUT2D eigenvalue weighted by Gasteiger charge is -2.22. The number of β-amino-alcohol motifs (C(OH)–C–C–N with tert-alkyl or cyclic N) is 1. The van der Waals surface area contributed by atoms with E-state index in [9.17, 15) is 9.90 Å². The minimum atomic E-state index is -0.310. The van der Waals surface area contributed by atoms with E-state index in [4.69, 9.17) is 0 Å². The molecule has 0 aromatic rings. The Morgan fingerprint density at radius 2 is 2.19 bits per heavy atom. The molecule has 1 amide bonds. The summed E-state index contributed by atoms with van der Waals surface area (Å²) < 4.78 is 0. The summed E-state index contributed by atoms with van der Waals surface area (Å²) in [5, 5.41) is 12.7. The van der Waals surface area contributed by atoms with E-state index in [0.717, 1.165) is 39.0 Å². The van der Waals surface area contributed by atoms with Crippen molar-refractivity contribution in [2.45, 2.75) is 18.9 Å². The molecule has 0 spiro atoms. The van der Waals surface area contributed by atoms with Crippen LogP contribution in [0.4, 0.5) is 0 Å². The second-order valence-electron chi connectivity index (χ2n) is 4.66. The summed E-state index contributed by atoms with van der Waals surface area (Å²) in [6.45, 7) is 5.70. The molecule has 16 heavy (non-hydrogen) atoms. The van der Waals surface area contributed by atoms with Gasteiger partial charge in [-0.1, -0.05) is 0 Å². The molecule has 0 bridgehead atoms. The average Bonchev–Trinajstić information content (AvgIpc) is 2.54. The van der Waals surface area contributed by atoms with Crippen molar-refractivity contribution in [3.8, 4) is 0 Å². The number of hydrogen-bond donors (Lipinski definition) is 2. The largest absolute Gasteiger partial charge is 0.391 e. The third-order valence-corrected chi connectivity index (χ3v) is 3.31. The zero-order chi connectivity index (χ0) is 11.4. The van der Waals surface area contributed by atoms with Crippen LogP contribution in [0.25, 0.3) is 0 Å². The summed E-state index contributed by atoms with van der Waals surface area (Å²) in [6.07, 6.45) is 1.53. The fourth-order valence-electron chi connectivity index (χ4n) is 2.32. The Balaban J connectivity index is 1.77. The van der Waals surface area contributed by atoms with E-state index < -0.39 is 0 Å². The summed E-state index contributed by atoms with van der Waals surface area (Å²) in [5.41, 5.74) is 0. The number of aliphatic hydroxyl groups excluding tert-OH is 1. The number of amides is 1. The van der Waals surface area contributed by atoms with Crippen molar-refractivity contribution in [1.82, 2.24) is 15.1 Å². The van der Waals surface area contributed by atoms with Gasteiger partial charge in [0.25, 0.3) is 0 Å². The zero-order valence-electron chi connectivity index (χ0n) is 9.69. The summed E-state index contributed by atoms with van der Waals surface area (Å²) in [5.74, 6) is 0.165. The van der Waals surface area contributed by atoms with Crippen molar-refractivity contribution in [2.24, 2.45) is 0 Å². The van der Waals surface area contributed by atoms with E-state index in [-0.39, 0.29) is 12.0 Å². The third kappa shape index (κ3) is 3.17.